The summed E-state index contributed by atoms with van der Waals surface area (Å²) >= 11 is 0. The maximum atomic E-state index is 5.73. The minimum absolute atomic E-state index is 0.118. The second-order valence-electron chi connectivity index (χ2n) is 4.57. The molecule has 0 saturated heterocycles. The fourth-order valence-electron chi connectivity index (χ4n) is 1.76. The van der Waals surface area contributed by atoms with E-state index in [0.717, 1.165) is 17.1 Å². The lowest BCUT2D eigenvalue weighted by molar-refractivity contribution is 0.223. The monoisotopic (exact) mass is 276 g/mol. The average molecular weight is 276 g/mol. The summed E-state index contributed by atoms with van der Waals surface area (Å²) in [6.45, 7) is 7.19. The van der Waals surface area contributed by atoms with Crippen molar-refractivity contribution in [1.29, 1.82) is 0 Å². The van der Waals surface area contributed by atoms with Gasteiger partial charge in [-0.3, -0.25) is 0 Å². The average Bonchev–Trinajstić information content (AvgIpc) is 2.92. The van der Waals surface area contributed by atoms with E-state index in [1.54, 1.807) is 0 Å². The number of aromatic nitrogens is 3. The van der Waals surface area contributed by atoms with Crippen molar-refractivity contribution in [2.45, 2.75) is 33.4 Å². The summed E-state index contributed by atoms with van der Waals surface area (Å²) in [4.78, 5) is 4.01. The van der Waals surface area contributed by atoms with Crippen LogP contribution in [0.25, 0.3) is 0 Å². The first-order valence-electron chi connectivity index (χ1n) is 6.70. The van der Waals surface area contributed by atoms with Gasteiger partial charge in [-0.1, -0.05) is 6.07 Å². The van der Waals surface area contributed by atoms with Crippen molar-refractivity contribution in [1.82, 2.24) is 15.2 Å². The van der Waals surface area contributed by atoms with Crippen LogP contribution in [0.2, 0.25) is 0 Å². The first-order chi connectivity index (χ1) is 9.69. The molecule has 1 heterocycles. The van der Waals surface area contributed by atoms with E-state index in [9.17, 15) is 0 Å². The smallest absolute Gasteiger partial charge is 0.218 e. The van der Waals surface area contributed by atoms with E-state index in [0.29, 0.717) is 19.1 Å². The Morgan fingerprint density at radius 2 is 2.15 bits per heavy atom. The first-order valence-corrected chi connectivity index (χ1v) is 6.70. The Labute approximate surface area is 118 Å². The molecule has 6 heteroatoms. The molecule has 0 aliphatic rings. The molecule has 0 unspecified atom stereocenters. The zero-order chi connectivity index (χ0) is 14.4. The van der Waals surface area contributed by atoms with Crippen LogP contribution in [0.4, 0.5) is 5.95 Å². The standard InChI is InChI=1S/C14H20N4O2/c1-4-19-13-7-11(5-6-12(13)20-10(2)3)8-15-14-16-9-17-18-14/h5-7,9-10H,4,8H2,1-3H3,(H2,15,16,17,18). The molecule has 0 saturated carbocycles. The Balaban J connectivity index is 2.08. The van der Waals surface area contributed by atoms with Crippen LogP contribution in [-0.2, 0) is 6.54 Å². The molecule has 108 valence electrons. The fraction of sp³-hybridized carbons (Fsp3) is 0.429. The van der Waals surface area contributed by atoms with Gasteiger partial charge in [0, 0.05) is 6.54 Å². The first kappa shape index (κ1) is 14.2. The highest BCUT2D eigenvalue weighted by molar-refractivity contribution is 5.44. The van der Waals surface area contributed by atoms with Crippen LogP contribution < -0.4 is 14.8 Å². The van der Waals surface area contributed by atoms with Crippen LogP contribution >= 0.6 is 0 Å². The number of ether oxygens (including phenoxy) is 2. The predicted molar refractivity (Wildman–Crippen MR) is 77.1 cm³/mol. The molecule has 0 atom stereocenters. The van der Waals surface area contributed by atoms with E-state index < -0.39 is 0 Å². The summed E-state index contributed by atoms with van der Waals surface area (Å²) in [5.74, 6) is 2.17. The quantitative estimate of drug-likeness (QED) is 0.813. The summed E-state index contributed by atoms with van der Waals surface area (Å²) in [5.41, 5.74) is 1.08. The van der Waals surface area contributed by atoms with Gasteiger partial charge in [0.05, 0.1) is 12.7 Å². The Hall–Kier alpha value is -2.24. The Morgan fingerprint density at radius 1 is 1.30 bits per heavy atom. The van der Waals surface area contributed by atoms with E-state index in [2.05, 4.69) is 20.5 Å². The molecule has 6 nitrogen and oxygen atoms in total. The number of aromatic amines is 1. The molecule has 0 fully saturated rings. The predicted octanol–water partition coefficient (Wildman–Crippen LogP) is 2.60. The largest absolute Gasteiger partial charge is 0.490 e. The lowest BCUT2D eigenvalue weighted by Gasteiger charge is -2.15. The molecule has 0 bridgehead atoms. The van der Waals surface area contributed by atoms with E-state index in [4.69, 9.17) is 9.47 Å². The molecule has 20 heavy (non-hydrogen) atoms. The lowest BCUT2D eigenvalue weighted by atomic mass is 10.2. The van der Waals surface area contributed by atoms with Crippen molar-refractivity contribution in [3.63, 3.8) is 0 Å². The number of hydrogen-bond acceptors (Lipinski definition) is 5. The van der Waals surface area contributed by atoms with Crippen molar-refractivity contribution < 1.29 is 9.47 Å². The van der Waals surface area contributed by atoms with Gasteiger partial charge >= 0.3 is 0 Å². The SMILES string of the molecule is CCOc1cc(CNc2ncn[nH]2)ccc1OC(C)C. The minimum atomic E-state index is 0.118. The van der Waals surface area contributed by atoms with Gasteiger partial charge in [-0.2, -0.15) is 5.10 Å². The molecule has 2 rings (SSSR count). The molecule has 0 amide bonds. The maximum Gasteiger partial charge on any atom is 0.218 e. The van der Waals surface area contributed by atoms with Crippen molar-refractivity contribution in [2.75, 3.05) is 11.9 Å². The minimum Gasteiger partial charge on any atom is -0.490 e. The van der Waals surface area contributed by atoms with Crippen molar-refractivity contribution >= 4 is 5.95 Å². The highest BCUT2D eigenvalue weighted by Crippen LogP contribution is 2.29. The summed E-state index contributed by atoms with van der Waals surface area (Å²) in [5, 5.41) is 9.69. The van der Waals surface area contributed by atoms with Gasteiger partial charge in [-0.15, -0.1) is 0 Å². The van der Waals surface area contributed by atoms with Crippen LogP contribution in [0.1, 0.15) is 26.3 Å². The van der Waals surface area contributed by atoms with Gasteiger partial charge in [0.2, 0.25) is 5.95 Å². The topological polar surface area (TPSA) is 72.1 Å². The van der Waals surface area contributed by atoms with E-state index in [1.807, 2.05) is 39.0 Å². The number of anilines is 1. The van der Waals surface area contributed by atoms with Crippen LogP contribution in [0.15, 0.2) is 24.5 Å². The molecule has 2 N–H and O–H groups in total. The molecule has 1 aromatic carbocycles. The van der Waals surface area contributed by atoms with Crippen LogP contribution in [0.5, 0.6) is 11.5 Å². The van der Waals surface area contributed by atoms with Crippen LogP contribution in [0.3, 0.4) is 0 Å². The zero-order valence-electron chi connectivity index (χ0n) is 12.0. The number of rotatable bonds is 7. The third-order valence-corrected chi connectivity index (χ3v) is 2.55. The Kier molecular flexibility index (Phi) is 4.81. The summed E-state index contributed by atoms with van der Waals surface area (Å²) in [7, 11) is 0. The second kappa shape index (κ2) is 6.79. The summed E-state index contributed by atoms with van der Waals surface area (Å²) in [6.07, 6.45) is 1.58. The summed E-state index contributed by atoms with van der Waals surface area (Å²) in [6, 6.07) is 5.91. The van der Waals surface area contributed by atoms with Crippen LogP contribution in [0, 0.1) is 0 Å². The second-order valence-corrected chi connectivity index (χ2v) is 4.57. The van der Waals surface area contributed by atoms with Crippen molar-refractivity contribution in [2.24, 2.45) is 0 Å². The number of H-pyrrole nitrogens is 1. The van der Waals surface area contributed by atoms with Crippen LogP contribution in [-0.4, -0.2) is 27.9 Å². The van der Waals surface area contributed by atoms with Gasteiger partial charge in [0.1, 0.15) is 6.33 Å². The fourth-order valence-corrected chi connectivity index (χ4v) is 1.76. The van der Waals surface area contributed by atoms with Crippen molar-refractivity contribution in [3.8, 4) is 11.5 Å². The third kappa shape index (κ3) is 3.88. The van der Waals surface area contributed by atoms with E-state index in [1.165, 1.54) is 6.33 Å². The van der Waals surface area contributed by atoms with Gasteiger partial charge in [0.25, 0.3) is 0 Å². The van der Waals surface area contributed by atoms with Gasteiger partial charge in [-0.25, -0.2) is 10.1 Å². The van der Waals surface area contributed by atoms with E-state index in [-0.39, 0.29) is 6.10 Å². The highest BCUT2D eigenvalue weighted by atomic mass is 16.5. The number of benzene rings is 1. The molecule has 0 aliphatic heterocycles. The van der Waals surface area contributed by atoms with Gasteiger partial charge < -0.3 is 14.8 Å². The number of nitrogens with zero attached hydrogens (tertiary/aromatic N) is 2. The maximum absolute atomic E-state index is 5.73. The third-order valence-electron chi connectivity index (χ3n) is 2.55. The zero-order valence-corrected chi connectivity index (χ0v) is 12.0. The normalized spacial score (nSPS) is 10.6. The molecule has 0 spiro atoms. The number of nitrogens with one attached hydrogen (secondary N) is 2. The lowest BCUT2D eigenvalue weighted by Crippen LogP contribution is -2.08. The number of hydrogen-bond donors (Lipinski definition) is 2. The highest BCUT2D eigenvalue weighted by Gasteiger charge is 2.08. The molecule has 2 aromatic rings. The molecule has 0 aliphatic carbocycles. The van der Waals surface area contributed by atoms with Crippen molar-refractivity contribution in [3.05, 3.63) is 30.1 Å². The molecule has 1 aromatic heterocycles. The van der Waals surface area contributed by atoms with E-state index >= 15 is 0 Å². The Morgan fingerprint density at radius 3 is 2.80 bits per heavy atom. The van der Waals surface area contributed by atoms with Gasteiger partial charge in [-0.05, 0) is 38.5 Å². The molecular weight excluding hydrogens is 256 g/mol. The molecular formula is C14H20N4O2. The Bertz CT molecular complexity index is 526. The summed E-state index contributed by atoms with van der Waals surface area (Å²) < 4.78 is 11.4. The van der Waals surface area contributed by atoms with Gasteiger partial charge in [0.15, 0.2) is 11.5 Å². The molecule has 0 radical (unpaired) electrons.